The Hall–Kier alpha value is -1.41. The van der Waals surface area contributed by atoms with Crippen LogP contribution in [0.15, 0.2) is 34.9 Å². The van der Waals surface area contributed by atoms with Crippen molar-refractivity contribution in [1.82, 2.24) is 0 Å². The third-order valence-electron chi connectivity index (χ3n) is 3.13. The monoisotopic (exact) mass is 248 g/mol. The lowest BCUT2D eigenvalue weighted by molar-refractivity contribution is 0.415. The van der Waals surface area contributed by atoms with Crippen LogP contribution in [0.25, 0.3) is 11.3 Å². The molecule has 0 saturated heterocycles. The minimum atomic E-state index is 0.624. The van der Waals surface area contributed by atoms with Crippen LogP contribution in [0.4, 0.5) is 0 Å². The van der Waals surface area contributed by atoms with Crippen LogP contribution in [0.5, 0.6) is 5.75 Å². The fourth-order valence-electron chi connectivity index (χ4n) is 2.10. The van der Waals surface area contributed by atoms with Gasteiger partial charge in [0.2, 0.25) is 0 Å². The Labute approximate surface area is 105 Å². The summed E-state index contributed by atoms with van der Waals surface area (Å²) in [5, 5.41) is 0.671. The zero-order valence-corrected chi connectivity index (χ0v) is 10.3. The van der Waals surface area contributed by atoms with Gasteiger partial charge in [0.05, 0.1) is 18.4 Å². The van der Waals surface area contributed by atoms with Gasteiger partial charge in [-0.3, -0.25) is 0 Å². The van der Waals surface area contributed by atoms with E-state index in [1.54, 1.807) is 13.4 Å². The quantitative estimate of drug-likeness (QED) is 0.799. The van der Waals surface area contributed by atoms with E-state index in [2.05, 4.69) is 0 Å². The van der Waals surface area contributed by atoms with Crippen molar-refractivity contribution in [3.05, 3.63) is 41.1 Å². The van der Waals surface area contributed by atoms with Gasteiger partial charge in [-0.25, -0.2) is 0 Å². The molecule has 2 aromatic rings. The first kappa shape index (κ1) is 10.7. The Morgan fingerprint density at radius 1 is 1.35 bits per heavy atom. The first-order valence-corrected chi connectivity index (χ1v) is 6.08. The molecule has 1 aliphatic carbocycles. The summed E-state index contributed by atoms with van der Waals surface area (Å²) in [6, 6.07) is 7.84. The molecule has 0 atom stereocenters. The molecule has 1 heterocycles. The fraction of sp³-hybridized carbons (Fsp3) is 0.286. The molecule has 3 heteroatoms. The maximum Gasteiger partial charge on any atom is 0.138 e. The predicted octanol–water partition coefficient (Wildman–Crippen LogP) is 4.49. The van der Waals surface area contributed by atoms with E-state index in [-0.39, 0.29) is 0 Å². The molecule has 0 spiro atoms. The van der Waals surface area contributed by atoms with Gasteiger partial charge in [-0.05, 0) is 48.6 Å². The molecular weight excluding hydrogens is 236 g/mol. The summed E-state index contributed by atoms with van der Waals surface area (Å²) in [5.74, 6) is 2.20. The Morgan fingerprint density at radius 2 is 2.18 bits per heavy atom. The molecule has 1 aromatic carbocycles. The Morgan fingerprint density at radius 3 is 2.76 bits per heavy atom. The van der Waals surface area contributed by atoms with E-state index >= 15 is 0 Å². The summed E-state index contributed by atoms with van der Waals surface area (Å²) >= 11 is 6.18. The molecule has 2 nitrogen and oxygen atoms in total. The average molecular weight is 249 g/mol. The van der Waals surface area contributed by atoms with Crippen LogP contribution in [-0.4, -0.2) is 7.11 Å². The largest absolute Gasteiger partial charge is 0.495 e. The van der Waals surface area contributed by atoms with Crippen LogP contribution in [0.3, 0.4) is 0 Å². The van der Waals surface area contributed by atoms with Crippen molar-refractivity contribution in [3.63, 3.8) is 0 Å². The van der Waals surface area contributed by atoms with Crippen molar-refractivity contribution in [1.29, 1.82) is 0 Å². The summed E-state index contributed by atoms with van der Waals surface area (Å²) < 4.78 is 10.7. The number of hydrogen-bond acceptors (Lipinski definition) is 2. The van der Waals surface area contributed by atoms with Crippen molar-refractivity contribution < 1.29 is 9.15 Å². The lowest BCUT2D eigenvalue weighted by Crippen LogP contribution is -1.91. The highest BCUT2D eigenvalue weighted by Crippen LogP contribution is 2.47. The lowest BCUT2D eigenvalue weighted by atomic mass is 10.0. The van der Waals surface area contributed by atoms with Crippen molar-refractivity contribution in [2.75, 3.05) is 7.11 Å². The van der Waals surface area contributed by atoms with Gasteiger partial charge in [0, 0.05) is 5.56 Å². The van der Waals surface area contributed by atoms with Gasteiger partial charge in [-0.2, -0.15) is 0 Å². The van der Waals surface area contributed by atoms with E-state index in [4.69, 9.17) is 20.8 Å². The van der Waals surface area contributed by atoms with E-state index in [0.717, 1.165) is 11.3 Å². The van der Waals surface area contributed by atoms with Gasteiger partial charge in [0.1, 0.15) is 11.5 Å². The van der Waals surface area contributed by atoms with Gasteiger partial charge < -0.3 is 9.15 Å². The van der Waals surface area contributed by atoms with Crippen molar-refractivity contribution in [3.8, 4) is 17.1 Å². The van der Waals surface area contributed by atoms with Crippen LogP contribution in [0.1, 0.15) is 24.3 Å². The second-order valence-corrected chi connectivity index (χ2v) is 4.73. The maximum absolute atomic E-state index is 6.18. The normalized spacial score (nSPS) is 14.9. The van der Waals surface area contributed by atoms with Gasteiger partial charge in [0.15, 0.2) is 0 Å². The molecule has 0 radical (unpaired) electrons. The van der Waals surface area contributed by atoms with Crippen LogP contribution in [-0.2, 0) is 0 Å². The van der Waals surface area contributed by atoms with E-state index < -0.39 is 0 Å². The Balaban J connectivity index is 2.16. The van der Waals surface area contributed by atoms with Crippen LogP contribution in [0, 0.1) is 0 Å². The lowest BCUT2D eigenvalue weighted by Gasteiger charge is -2.10. The standard InChI is InChI=1S/C14H13ClO2/c1-16-14-8-11(13-3-2-6-17-13)10(7-12(14)15)9-4-5-9/h2-3,6-9H,4-5H2,1H3. The molecule has 17 heavy (non-hydrogen) atoms. The summed E-state index contributed by atoms with van der Waals surface area (Å²) in [7, 11) is 1.63. The van der Waals surface area contributed by atoms with Crippen molar-refractivity contribution >= 4 is 11.6 Å². The highest BCUT2D eigenvalue weighted by Gasteiger charge is 2.28. The second-order valence-electron chi connectivity index (χ2n) is 4.33. The van der Waals surface area contributed by atoms with Crippen LogP contribution in [0.2, 0.25) is 5.02 Å². The van der Waals surface area contributed by atoms with Crippen molar-refractivity contribution in [2.24, 2.45) is 0 Å². The highest BCUT2D eigenvalue weighted by atomic mass is 35.5. The molecule has 1 aromatic heterocycles. The molecule has 0 bridgehead atoms. The topological polar surface area (TPSA) is 22.4 Å². The van der Waals surface area contributed by atoms with Gasteiger partial charge in [-0.1, -0.05) is 11.6 Å². The number of ether oxygens (including phenoxy) is 1. The molecule has 3 rings (SSSR count). The third kappa shape index (κ3) is 1.93. The van der Waals surface area contributed by atoms with E-state index in [1.807, 2.05) is 24.3 Å². The number of rotatable bonds is 3. The van der Waals surface area contributed by atoms with Crippen molar-refractivity contribution in [2.45, 2.75) is 18.8 Å². The molecular formula is C14H13ClO2. The Bertz CT molecular complexity index is 527. The first-order chi connectivity index (χ1) is 8.29. The smallest absolute Gasteiger partial charge is 0.138 e. The molecule has 1 fully saturated rings. The molecule has 0 N–H and O–H groups in total. The second kappa shape index (κ2) is 4.11. The van der Waals surface area contributed by atoms with Crippen LogP contribution >= 0.6 is 11.6 Å². The van der Waals surface area contributed by atoms with Gasteiger partial charge >= 0.3 is 0 Å². The number of benzene rings is 1. The zero-order valence-electron chi connectivity index (χ0n) is 9.57. The highest BCUT2D eigenvalue weighted by molar-refractivity contribution is 6.32. The maximum atomic E-state index is 6.18. The van der Waals surface area contributed by atoms with E-state index in [0.29, 0.717) is 16.7 Å². The molecule has 1 aliphatic rings. The van der Waals surface area contributed by atoms with E-state index in [1.165, 1.54) is 18.4 Å². The third-order valence-corrected chi connectivity index (χ3v) is 3.42. The molecule has 0 aliphatic heterocycles. The first-order valence-electron chi connectivity index (χ1n) is 5.71. The zero-order chi connectivity index (χ0) is 11.8. The summed E-state index contributed by atoms with van der Waals surface area (Å²) in [5.41, 5.74) is 2.37. The summed E-state index contributed by atoms with van der Waals surface area (Å²) in [4.78, 5) is 0. The minimum Gasteiger partial charge on any atom is -0.495 e. The number of methoxy groups -OCH3 is 1. The molecule has 0 amide bonds. The summed E-state index contributed by atoms with van der Waals surface area (Å²) in [6.45, 7) is 0. The number of halogens is 1. The van der Waals surface area contributed by atoms with Crippen LogP contribution < -0.4 is 4.74 Å². The van der Waals surface area contributed by atoms with Gasteiger partial charge in [0.25, 0.3) is 0 Å². The Kier molecular flexibility index (Phi) is 2.60. The molecule has 88 valence electrons. The molecule has 0 unspecified atom stereocenters. The van der Waals surface area contributed by atoms with Gasteiger partial charge in [-0.15, -0.1) is 0 Å². The average Bonchev–Trinajstić information content (AvgIpc) is 3.04. The molecule has 1 saturated carbocycles. The summed E-state index contributed by atoms with van der Waals surface area (Å²) in [6.07, 6.45) is 4.15. The number of furan rings is 1. The minimum absolute atomic E-state index is 0.624. The van der Waals surface area contributed by atoms with E-state index in [9.17, 15) is 0 Å². The number of hydrogen-bond donors (Lipinski definition) is 0. The fourth-order valence-corrected chi connectivity index (χ4v) is 2.35. The SMILES string of the molecule is COc1cc(-c2ccco2)c(C2CC2)cc1Cl. The predicted molar refractivity (Wildman–Crippen MR) is 67.7 cm³/mol.